The lowest BCUT2D eigenvalue weighted by molar-refractivity contribution is -0.119. The van der Waals surface area contributed by atoms with E-state index in [2.05, 4.69) is 20.5 Å². The summed E-state index contributed by atoms with van der Waals surface area (Å²) in [7, 11) is 0. The minimum atomic E-state index is -0.535. The SMILES string of the molecule is CC(=O)NCC1CN(c2ccc3c(c2)CCCc2c(-c4ccnc(F)c4)n[nH]c2-3)C(=O)O1. The van der Waals surface area contributed by atoms with E-state index in [4.69, 9.17) is 4.74 Å². The standard InChI is InChI=1S/C23H22FN5O3/c1-13(30)26-11-17-12-29(23(31)32-17)16-5-6-18-14(9-16)3-2-4-19-21(27-28-22(18)19)15-7-8-25-20(24)10-15/h5-10,17H,2-4,11-12H2,1H3,(H,26,30)(H,27,28). The first kappa shape index (κ1) is 20.2. The summed E-state index contributed by atoms with van der Waals surface area (Å²) in [5.74, 6) is -0.694. The Morgan fingerprint density at radius 1 is 1.31 bits per heavy atom. The topological polar surface area (TPSA) is 100 Å². The van der Waals surface area contributed by atoms with Gasteiger partial charge in [0.2, 0.25) is 11.9 Å². The van der Waals surface area contributed by atoms with Gasteiger partial charge in [0.05, 0.1) is 24.5 Å². The zero-order chi connectivity index (χ0) is 22.2. The van der Waals surface area contributed by atoms with Gasteiger partial charge in [0.25, 0.3) is 0 Å². The van der Waals surface area contributed by atoms with Crippen molar-refractivity contribution < 1.29 is 18.7 Å². The molecular weight excluding hydrogens is 413 g/mol. The van der Waals surface area contributed by atoms with Crippen LogP contribution in [0.1, 0.15) is 24.5 Å². The van der Waals surface area contributed by atoms with Crippen molar-refractivity contribution in [2.24, 2.45) is 0 Å². The molecule has 8 nitrogen and oxygen atoms in total. The molecule has 0 bridgehead atoms. The van der Waals surface area contributed by atoms with Crippen LogP contribution >= 0.6 is 0 Å². The monoisotopic (exact) mass is 435 g/mol. The summed E-state index contributed by atoms with van der Waals surface area (Å²) in [6.07, 6.45) is 3.19. The van der Waals surface area contributed by atoms with Gasteiger partial charge in [-0.3, -0.25) is 14.8 Å². The first-order valence-corrected chi connectivity index (χ1v) is 10.5. The number of aryl methyl sites for hydroxylation is 1. The van der Waals surface area contributed by atoms with Crippen LogP contribution in [0, 0.1) is 5.95 Å². The van der Waals surface area contributed by atoms with E-state index < -0.39 is 12.0 Å². The largest absolute Gasteiger partial charge is 0.442 e. The summed E-state index contributed by atoms with van der Waals surface area (Å²) < 4.78 is 19.0. The molecule has 1 saturated heterocycles. The van der Waals surface area contributed by atoms with Crippen LogP contribution in [0.15, 0.2) is 36.5 Å². The van der Waals surface area contributed by atoms with Gasteiger partial charge in [0, 0.05) is 41.6 Å². The van der Waals surface area contributed by atoms with E-state index in [0.717, 1.165) is 53.0 Å². The third kappa shape index (κ3) is 3.70. The fourth-order valence-electron chi connectivity index (χ4n) is 4.37. The van der Waals surface area contributed by atoms with Crippen molar-refractivity contribution in [1.29, 1.82) is 0 Å². The predicted octanol–water partition coefficient (Wildman–Crippen LogP) is 3.23. The Labute approximate surface area is 183 Å². The number of aromatic nitrogens is 3. The molecule has 0 radical (unpaired) electrons. The number of anilines is 1. The van der Waals surface area contributed by atoms with Crippen molar-refractivity contribution in [1.82, 2.24) is 20.5 Å². The van der Waals surface area contributed by atoms with Gasteiger partial charge in [-0.15, -0.1) is 0 Å². The molecule has 0 spiro atoms. The Morgan fingerprint density at radius 3 is 3.00 bits per heavy atom. The van der Waals surface area contributed by atoms with Gasteiger partial charge in [-0.1, -0.05) is 6.07 Å². The summed E-state index contributed by atoms with van der Waals surface area (Å²) >= 11 is 0. The van der Waals surface area contributed by atoms with Crippen LogP contribution in [0.2, 0.25) is 0 Å². The highest BCUT2D eigenvalue weighted by atomic mass is 19.1. The summed E-state index contributed by atoms with van der Waals surface area (Å²) in [5, 5.41) is 10.3. The van der Waals surface area contributed by atoms with E-state index in [-0.39, 0.29) is 12.0 Å². The number of hydrogen-bond donors (Lipinski definition) is 2. The molecule has 1 unspecified atom stereocenters. The van der Waals surface area contributed by atoms with Crippen LogP contribution in [0.25, 0.3) is 22.5 Å². The number of cyclic esters (lactones) is 1. The molecule has 1 aliphatic heterocycles. The quantitative estimate of drug-likeness (QED) is 0.613. The predicted molar refractivity (Wildman–Crippen MR) is 116 cm³/mol. The fraction of sp³-hybridized carbons (Fsp3) is 0.304. The van der Waals surface area contributed by atoms with Crippen LogP contribution < -0.4 is 10.2 Å². The van der Waals surface area contributed by atoms with Crippen LogP contribution in [0.5, 0.6) is 0 Å². The number of amides is 2. The Morgan fingerprint density at radius 2 is 2.19 bits per heavy atom. The van der Waals surface area contributed by atoms with Gasteiger partial charge in [0.15, 0.2) is 0 Å². The third-order valence-corrected chi connectivity index (χ3v) is 5.86. The molecule has 3 aromatic rings. The Kier molecular flexibility index (Phi) is 5.08. The molecule has 5 rings (SSSR count). The van der Waals surface area contributed by atoms with Crippen LogP contribution in [-0.4, -0.2) is 46.4 Å². The molecular formula is C23H22FN5O3. The number of hydrogen-bond acceptors (Lipinski definition) is 5. The lowest BCUT2D eigenvalue weighted by atomic mass is 9.99. The summed E-state index contributed by atoms with van der Waals surface area (Å²) in [6, 6.07) is 9.03. The van der Waals surface area contributed by atoms with E-state index in [9.17, 15) is 14.0 Å². The number of pyridine rings is 1. The molecule has 2 amide bonds. The maximum absolute atomic E-state index is 13.6. The molecule has 1 aromatic carbocycles. The number of H-pyrrole nitrogens is 1. The first-order valence-electron chi connectivity index (χ1n) is 10.5. The van der Waals surface area contributed by atoms with Crippen molar-refractivity contribution >= 4 is 17.7 Å². The molecule has 164 valence electrons. The van der Waals surface area contributed by atoms with Crippen molar-refractivity contribution in [2.45, 2.75) is 32.3 Å². The number of aromatic amines is 1. The van der Waals surface area contributed by atoms with Gasteiger partial charge in [-0.05, 0) is 43.0 Å². The molecule has 2 aromatic heterocycles. The number of carbonyl (C=O) groups is 2. The number of nitrogens with one attached hydrogen (secondary N) is 2. The lowest BCUT2D eigenvalue weighted by Crippen LogP contribution is -2.33. The van der Waals surface area contributed by atoms with E-state index in [0.29, 0.717) is 18.7 Å². The highest BCUT2D eigenvalue weighted by Crippen LogP contribution is 2.38. The van der Waals surface area contributed by atoms with E-state index in [1.165, 1.54) is 19.2 Å². The second kappa shape index (κ2) is 8.07. The average Bonchev–Trinajstić information content (AvgIpc) is 3.31. The second-order valence-electron chi connectivity index (χ2n) is 8.04. The smallest absolute Gasteiger partial charge is 0.414 e. The van der Waals surface area contributed by atoms with Crippen molar-refractivity contribution in [3.05, 3.63) is 53.6 Å². The van der Waals surface area contributed by atoms with E-state index >= 15 is 0 Å². The molecule has 0 saturated carbocycles. The van der Waals surface area contributed by atoms with Crippen LogP contribution in [-0.2, 0) is 22.4 Å². The number of benzene rings is 1. The summed E-state index contributed by atoms with van der Waals surface area (Å²) in [6.45, 7) is 2.10. The van der Waals surface area contributed by atoms with Gasteiger partial charge in [-0.2, -0.15) is 9.49 Å². The normalized spacial score (nSPS) is 17.4. The number of halogens is 1. The number of nitrogens with zero attached hydrogens (tertiary/aromatic N) is 3. The third-order valence-electron chi connectivity index (χ3n) is 5.86. The van der Waals surface area contributed by atoms with Crippen molar-refractivity contribution in [3.8, 4) is 22.5 Å². The number of carbonyl (C=O) groups excluding carboxylic acids is 2. The summed E-state index contributed by atoms with van der Waals surface area (Å²) in [5.41, 5.74) is 6.30. The molecule has 1 atom stereocenters. The second-order valence-corrected chi connectivity index (χ2v) is 8.04. The number of ether oxygens (including phenoxy) is 1. The fourth-order valence-corrected chi connectivity index (χ4v) is 4.37. The first-order chi connectivity index (χ1) is 15.5. The molecule has 32 heavy (non-hydrogen) atoms. The average molecular weight is 435 g/mol. The Bertz CT molecular complexity index is 1210. The number of rotatable bonds is 4. The molecule has 1 fully saturated rings. The van der Waals surface area contributed by atoms with E-state index in [1.807, 2.05) is 18.2 Å². The van der Waals surface area contributed by atoms with Gasteiger partial charge < -0.3 is 10.1 Å². The minimum absolute atomic E-state index is 0.159. The van der Waals surface area contributed by atoms with Crippen LogP contribution in [0.4, 0.5) is 14.9 Å². The van der Waals surface area contributed by atoms with Crippen molar-refractivity contribution in [3.63, 3.8) is 0 Å². The maximum Gasteiger partial charge on any atom is 0.414 e. The summed E-state index contributed by atoms with van der Waals surface area (Å²) in [4.78, 5) is 28.8. The molecule has 3 heterocycles. The molecule has 1 aliphatic carbocycles. The number of fused-ring (bicyclic) bond motifs is 3. The lowest BCUT2D eigenvalue weighted by Gasteiger charge is -2.16. The van der Waals surface area contributed by atoms with Gasteiger partial charge in [-0.25, -0.2) is 9.78 Å². The van der Waals surface area contributed by atoms with Gasteiger partial charge in [0.1, 0.15) is 6.10 Å². The molecule has 2 aliphatic rings. The highest BCUT2D eigenvalue weighted by Gasteiger charge is 2.33. The minimum Gasteiger partial charge on any atom is -0.442 e. The zero-order valence-electron chi connectivity index (χ0n) is 17.5. The zero-order valence-corrected chi connectivity index (χ0v) is 17.5. The van der Waals surface area contributed by atoms with Gasteiger partial charge >= 0.3 is 6.09 Å². The molecule has 9 heteroatoms. The van der Waals surface area contributed by atoms with Crippen LogP contribution in [0.3, 0.4) is 0 Å². The Balaban J connectivity index is 1.44. The maximum atomic E-state index is 13.6. The van der Waals surface area contributed by atoms with E-state index in [1.54, 1.807) is 11.0 Å². The Hall–Kier alpha value is -3.75. The highest BCUT2D eigenvalue weighted by molar-refractivity contribution is 5.91. The van der Waals surface area contributed by atoms with Crippen molar-refractivity contribution in [2.75, 3.05) is 18.0 Å². The molecule has 2 N–H and O–H groups in total.